The molecule has 0 aromatic heterocycles. The van der Waals surface area contributed by atoms with Crippen LogP contribution in [0.15, 0.2) is 83.7 Å². The predicted molar refractivity (Wildman–Crippen MR) is 108 cm³/mol. The summed E-state index contributed by atoms with van der Waals surface area (Å²) in [7, 11) is 3.41. The van der Waals surface area contributed by atoms with Crippen LogP contribution in [0.25, 0.3) is 0 Å². The molecule has 0 saturated carbocycles. The molecule has 0 bridgehead atoms. The maximum Gasteiger partial charge on any atom is 0.147 e. The lowest BCUT2D eigenvalue weighted by molar-refractivity contribution is -0.105. The van der Waals surface area contributed by atoms with Crippen molar-refractivity contribution in [3.05, 3.63) is 83.7 Å². The second-order valence-electron chi connectivity index (χ2n) is 6.55. The molecule has 1 aliphatic rings. The molecule has 0 amide bonds. The maximum absolute atomic E-state index is 12.0. The lowest BCUT2D eigenvalue weighted by atomic mass is 9.95. The van der Waals surface area contributed by atoms with E-state index < -0.39 is 7.92 Å². The van der Waals surface area contributed by atoms with Crippen LogP contribution in [0, 0.1) is 5.92 Å². The summed E-state index contributed by atoms with van der Waals surface area (Å²) in [5, 5.41) is 3.74. The molecule has 2 aromatic rings. The van der Waals surface area contributed by atoms with E-state index in [0.717, 1.165) is 11.9 Å². The highest BCUT2D eigenvalue weighted by molar-refractivity contribution is 7.77. The van der Waals surface area contributed by atoms with Crippen LogP contribution < -0.4 is 10.6 Å². The Morgan fingerprint density at radius 2 is 1.48 bits per heavy atom. The molecule has 128 valence electrons. The molecule has 0 spiro atoms. The molecular formula is C22H24NOP. The second kappa shape index (κ2) is 7.91. The Bertz CT molecular complexity index is 741. The molecule has 2 atom stereocenters. The van der Waals surface area contributed by atoms with Gasteiger partial charge in [-0.15, -0.1) is 0 Å². The minimum absolute atomic E-state index is 0.153. The van der Waals surface area contributed by atoms with Gasteiger partial charge in [0.2, 0.25) is 0 Å². The van der Waals surface area contributed by atoms with E-state index in [1.165, 1.54) is 15.9 Å². The fraction of sp³-hybridized carbons (Fsp3) is 0.227. The quantitative estimate of drug-likeness (QED) is 0.585. The van der Waals surface area contributed by atoms with Crippen molar-refractivity contribution in [1.82, 2.24) is 4.90 Å². The largest absolute Gasteiger partial charge is 0.306 e. The van der Waals surface area contributed by atoms with E-state index in [1.807, 2.05) is 12.1 Å². The normalized spacial score (nSPS) is 18.2. The van der Waals surface area contributed by atoms with Crippen LogP contribution in [0.4, 0.5) is 0 Å². The molecule has 3 rings (SSSR count). The van der Waals surface area contributed by atoms with Crippen molar-refractivity contribution in [1.29, 1.82) is 0 Å². The third kappa shape index (κ3) is 3.66. The standard InChI is InChI=1S/C22H24NOP/c1-17(23(2)3)20-14-15-22(21(20)16-24)25(18-10-6-4-7-11-18)19-12-8-5-9-13-19/h4-17,20H,1-3H3. The molecule has 0 aliphatic heterocycles. The highest BCUT2D eigenvalue weighted by atomic mass is 31.1. The lowest BCUT2D eigenvalue weighted by Crippen LogP contribution is -2.32. The van der Waals surface area contributed by atoms with Crippen molar-refractivity contribution in [2.75, 3.05) is 14.1 Å². The Balaban J connectivity index is 2.12. The molecule has 25 heavy (non-hydrogen) atoms. The molecule has 3 heteroatoms. The van der Waals surface area contributed by atoms with Crippen molar-refractivity contribution < 1.29 is 4.79 Å². The smallest absolute Gasteiger partial charge is 0.147 e. The van der Waals surface area contributed by atoms with Crippen molar-refractivity contribution >= 4 is 24.8 Å². The van der Waals surface area contributed by atoms with Crippen LogP contribution in [-0.4, -0.2) is 31.3 Å². The van der Waals surface area contributed by atoms with Gasteiger partial charge in [-0.05, 0) is 44.9 Å². The average molecular weight is 349 g/mol. The monoisotopic (exact) mass is 349 g/mol. The third-order valence-electron chi connectivity index (χ3n) is 4.85. The van der Waals surface area contributed by atoms with E-state index in [2.05, 4.69) is 86.6 Å². The molecule has 0 heterocycles. The zero-order valence-electron chi connectivity index (χ0n) is 15.0. The number of carbonyl (C=O) groups is 1. The minimum atomic E-state index is -0.725. The summed E-state index contributed by atoms with van der Waals surface area (Å²) in [6.45, 7) is 2.18. The fourth-order valence-corrected chi connectivity index (χ4v) is 5.72. The summed E-state index contributed by atoms with van der Waals surface area (Å²) >= 11 is 0. The van der Waals surface area contributed by atoms with Gasteiger partial charge in [-0.2, -0.15) is 0 Å². The summed E-state index contributed by atoms with van der Waals surface area (Å²) < 4.78 is 0. The van der Waals surface area contributed by atoms with Gasteiger partial charge in [0.1, 0.15) is 6.29 Å². The Morgan fingerprint density at radius 3 is 1.92 bits per heavy atom. The number of aldehydes is 1. The minimum Gasteiger partial charge on any atom is -0.306 e. The van der Waals surface area contributed by atoms with Crippen LogP contribution in [0.5, 0.6) is 0 Å². The molecule has 0 radical (unpaired) electrons. The fourth-order valence-electron chi connectivity index (χ4n) is 3.23. The average Bonchev–Trinajstić information content (AvgIpc) is 3.06. The van der Waals surface area contributed by atoms with E-state index in [0.29, 0.717) is 0 Å². The first-order chi connectivity index (χ1) is 12.1. The Kier molecular flexibility index (Phi) is 5.63. The first-order valence-corrected chi connectivity index (χ1v) is 9.92. The lowest BCUT2D eigenvalue weighted by Gasteiger charge is -2.27. The zero-order valence-corrected chi connectivity index (χ0v) is 15.9. The Morgan fingerprint density at radius 1 is 0.960 bits per heavy atom. The molecule has 1 aliphatic carbocycles. The van der Waals surface area contributed by atoms with Gasteiger partial charge in [-0.3, -0.25) is 4.79 Å². The number of allylic oxidation sites excluding steroid dienone is 2. The topological polar surface area (TPSA) is 20.3 Å². The number of hydrogen-bond donors (Lipinski definition) is 0. The van der Waals surface area contributed by atoms with Gasteiger partial charge >= 0.3 is 0 Å². The molecule has 2 nitrogen and oxygen atoms in total. The Labute approximate surface area is 151 Å². The van der Waals surface area contributed by atoms with Gasteiger partial charge in [-0.1, -0.05) is 72.8 Å². The Hall–Kier alpha value is -2.02. The highest BCUT2D eigenvalue weighted by Gasteiger charge is 2.31. The van der Waals surface area contributed by atoms with Crippen LogP contribution >= 0.6 is 7.92 Å². The van der Waals surface area contributed by atoms with Gasteiger partial charge in [0, 0.05) is 17.5 Å². The number of hydrogen-bond acceptors (Lipinski definition) is 2. The number of rotatable bonds is 6. The first kappa shape index (κ1) is 17.8. The van der Waals surface area contributed by atoms with Crippen molar-refractivity contribution in [2.45, 2.75) is 13.0 Å². The van der Waals surface area contributed by atoms with Crippen LogP contribution in [0.1, 0.15) is 6.92 Å². The van der Waals surface area contributed by atoms with Crippen molar-refractivity contribution in [3.63, 3.8) is 0 Å². The van der Waals surface area contributed by atoms with E-state index in [-0.39, 0.29) is 12.0 Å². The van der Waals surface area contributed by atoms with Crippen LogP contribution in [0.2, 0.25) is 0 Å². The van der Waals surface area contributed by atoms with Crippen LogP contribution in [-0.2, 0) is 4.79 Å². The van der Waals surface area contributed by atoms with Gasteiger partial charge in [0.15, 0.2) is 0 Å². The molecule has 2 aromatic carbocycles. The van der Waals surface area contributed by atoms with Crippen LogP contribution in [0.3, 0.4) is 0 Å². The van der Waals surface area contributed by atoms with Gasteiger partial charge in [0.05, 0.1) is 0 Å². The van der Waals surface area contributed by atoms with E-state index >= 15 is 0 Å². The number of nitrogens with zero attached hydrogens (tertiary/aromatic N) is 1. The number of carbonyl (C=O) groups excluding carboxylic acids is 1. The second-order valence-corrected chi connectivity index (χ2v) is 8.74. The molecule has 0 N–H and O–H groups in total. The predicted octanol–water partition coefficient (Wildman–Crippen LogP) is 3.71. The van der Waals surface area contributed by atoms with Crippen molar-refractivity contribution in [2.24, 2.45) is 5.92 Å². The van der Waals surface area contributed by atoms with Gasteiger partial charge < -0.3 is 4.90 Å². The first-order valence-electron chi connectivity index (χ1n) is 8.57. The molecule has 0 saturated heterocycles. The van der Waals surface area contributed by atoms with Gasteiger partial charge in [-0.25, -0.2) is 0 Å². The summed E-state index contributed by atoms with van der Waals surface area (Å²) in [6, 6.07) is 21.4. The summed E-state index contributed by atoms with van der Waals surface area (Å²) in [6.07, 6.45) is 5.45. The van der Waals surface area contributed by atoms with E-state index in [9.17, 15) is 4.79 Å². The molecule has 0 fully saturated rings. The molecular weight excluding hydrogens is 325 g/mol. The highest BCUT2D eigenvalue weighted by Crippen LogP contribution is 2.49. The molecule has 2 unspecified atom stereocenters. The third-order valence-corrected chi connectivity index (χ3v) is 7.37. The SMILES string of the molecule is CC(C1C=CC(P(c2ccccc2)c2ccccc2)=C1C=O)N(C)C. The number of benzene rings is 2. The zero-order chi connectivity index (χ0) is 17.8. The van der Waals surface area contributed by atoms with E-state index in [1.54, 1.807) is 0 Å². The summed E-state index contributed by atoms with van der Waals surface area (Å²) in [5.41, 5.74) is 0.931. The maximum atomic E-state index is 12.0. The van der Waals surface area contributed by atoms with Crippen molar-refractivity contribution in [3.8, 4) is 0 Å². The van der Waals surface area contributed by atoms with Gasteiger partial charge in [0.25, 0.3) is 0 Å². The van der Waals surface area contributed by atoms with E-state index in [4.69, 9.17) is 0 Å². The summed E-state index contributed by atoms with van der Waals surface area (Å²) in [4.78, 5) is 14.2. The summed E-state index contributed by atoms with van der Waals surface area (Å²) in [5.74, 6) is 0.153.